The third kappa shape index (κ3) is 1.65. The highest BCUT2D eigenvalue weighted by Gasteiger charge is 2.33. The van der Waals surface area contributed by atoms with Crippen molar-refractivity contribution < 1.29 is 14.4 Å². The van der Waals surface area contributed by atoms with Gasteiger partial charge in [0, 0.05) is 30.3 Å². The summed E-state index contributed by atoms with van der Waals surface area (Å²) in [5, 5.41) is 0. The van der Waals surface area contributed by atoms with Crippen LogP contribution in [-0.2, 0) is 11.8 Å². The van der Waals surface area contributed by atoms with Crippen LogP contribution in [0.1, 0.15) is 46.8 Å². The van der Waals surface area contributed by atoms with E-state index in [1.807, 2.05) is 6.92 Å². The van der Waals surface area contributed by atoms with Crippen LogP contribution in [0.3, 0.4) is 0 Å². The molecule has 0 fully saturated rings. The first kappa shape index (κ1) is 12.5. The highest BCUT2D eigenvalue weighted by molar-refractivity contribution is 6.27. The molecule has 0 unspecified atom stereocenters. The van der Waals surface area contributed by atoms with Gasteiger partial charge < -0.3 is 4.57 Å². The third-order valence-corrected chi connectivity index (χ3v) is 3.43. The van der Waals surface area contributed by atoms with E-state index in [9.17, 15) is 14.4 Å². The summed E-state index contributed by atoms with van der Waals surface area (Å²) in [5.41, 5.74) is 2.44. The van der Waals surface area contributed by atoms with E-state index in [1.54, 1.807) is 24.6 Å². The van der Waals surface area contributed by atoms with Crippen molar-refractivity contribution in [2.24, 2.45) is 7.05 Å². The van der Waals surface area contributed by atoms with E-state index in [-0.39, 0.29) is 23.8 Å². The van der Waals surface area contributed by atoms with E-state index < -0.39 is 0 Å². The van der Waals surface area contributed by atoms with Crippen LogP contribution in [-0.4, -0.2) is 21.9 Å². The van der Waals surface area contributed by atoms with Gasteiger partial charge in [0.25, 0.3) is 0 Å². The van der Waals surface area contributed by atoms with E-state index in [4.69, 9.17) is 0 Å². The molecular formula is C14H15NO3. The van der Waals surface area contributed by atoms with Crippen LogP contribution < -0.4 is 0 Å². The molecule has 4 nitrogen and oxygen atoms in total. The summed E-state index contributed by atoms with van der Waals surface area (Å²) in [6, 6.07) is 1.73. The number of hydrogen-bond acceptors (Lipinski definition) is 3. The second-order valence-electron chi connectivity index (χ2n) is 4.75. The van der Waals surface area contributed by atoms with Gasteiger partial charge in [-0.15, -0.1) is 0 Å². The topological polar surface area (TPSA) is 56.1 Å². The fourth-order valence-electron chi connectivity index (χ4n) is 2.29. The van der Waals surface area contributed by atoms with Gasteiger partial charge in [0.15, 0.2) is 5.78 Å². The van der Waals surface area contributed by atoms with Crippen molar-refractivity contribution in [3.63, 3.8) is 0 Å². The molecule has 1 heterocycles. The van der Waals surface area contributed by atoms with Gasteiger partial charge in [-0.25, -0.2) is 0 Å². The first-order chi connectivity index (χ1) is 8.34. The number of carbonyl (C=O) groups is 3. The lowest BCUT2D eigenvalue weighted by Gasteiger charge is -2.17. The largest absolute Gasteiger partial charge is 0.345 e. The van der Waals surface area contributed by atoms with Gasteiger partial charge in [-0.05, 0) is 26.8 Å². The average molecular weight is 245 g/mol. The fourth-order valence-corrected chi connectivity index (χ4v) is 2.29. The molecule has 1 aromatic rings. The highest BCUT2D eigenvalue weighted by atomic mass is 16.1. The van der Waals surface area contributed by atoms with Crippen molar-refractivity contribution in [2.75, 3.05) is 0 Å². The molecule has 4 heteroatoms. The molecule has 94 valence electrons. The number of hydrogen-bond donors (Lipinski definition) is 0. The number of ketones is 3. The second-order valence-corrected chi connectivity index (χ2v) is 4.75. The van der Waals surface area contributed by atoms with Gasteiger partial charge in [-0.2, -0.15) is 0 Å². The standard InChI is InChI=1S/C14H15NO3/c1-7-5-11-12(15(7)4)14(18)10(6-8(2)16)9(3)13(11)17/h5H,6H2,1-4H3. The van der Waals surface area contributed by atoms with Crippen LogP contribution in [0.2, 0.25) is 0 Å². The molecule has 0 aromatic carbocycles. The van der Waals surface area contributed by atoms with Crippen LogP contribution >= 0.6 is 0 Å². The first-order valence-electron chi connectivity index (χ1n) is 5.79. The summed E-state index contributed by atoms with van der Waals surface area (Å²) in [4.78, 5) is 35.8. The maximum absolute atomic E-state index is 12.4. The summed E-state index contributed by atoms with van der Waals surface area (Å²) in [7, 11) is 1.76. The van der Waals surface area contributed by atoms with E-state index in [0.717, 1.165) is 5.69 Å². The van der Waals surface area contributed by atoms with Crippen LogP contribution in [0.15, 0.2) is 17.2 Å². The Hall–Kier alpha value is -1.97. The lowest BCUT2D eigenvalue weighted by atomic mass is 9.86. The van der Waals surface area contributed by atoms with Crippen LogP contribution in [0.25, 0.3) is 0 Å². The van der Waals surface area contributed by atoms with Crippen LogP contribution in [0, 0.1) is 6.92 Å². The smallest absolute Gasteiger partial charge is 0.206 e. The second kappa shape index (κ2) is 4.05. The Morgan fingerprint density at radius 1 is 1.22 bits per heavy atom. The minimum Gasteiger partial charge on any atom is -0.345 e. The van der Waals surface area contributed by atoms with Crippen molar-refractivity contribution >= 4 is 17.3 Å². The molecule has 0 amide bonds. The summed E-state index contributed by atoms with van der Waals surface area (Å²) in [5.74, 6) is -0.461. The molecule has 0 saturated carbocycles. The molecule has 0 atom stereocenters. The SMILES string of the molecule is CC(=O)CC1=C(C)C(=O)c2cc(C)n(C)c2C1=O. The molecule has 2 rings (SSSR count). The van der Waals surface area contributed by atoms with E-state index in [0.29, 0.717) is 22.4 Å². The first-order valence-corrected chi connectivity index (χ1v) is 5.79. The third-order valence-electron chi connectivity index (χ3n) is 3.43. The minimum absolute atomic E-state index is 0.0279. The Kier molecular flexibility index (Phi) is 2.81. The molecule has 1 aliphatic rings. The highest BCUT2D eigenvalue weighted by Crippen LogP contribution is 2.29. The Labute approximate surface area is 105 Å². The van der Waals surface area contributed by atoms with Crippen molar-refractivity contribution in [1.82, 2.24) is 4.57 Å². The van der Waals surface area contributed by atoms with Gasteiger partial charge in [-0.3, -0.25) is 14.4 Å². The molecular weight excluding hydrogens is 230 g/mol. The maximum Gasteiger partial charge on any atom is 0.206 e. The monoisotopic (exact) mass is 245 g/mol. The molecule has 0 spiro atoms. The summed E-state index contributed by atoms with van der Waals surface area (Å²) in [6.07, 6.45) is 0.0279. The number of nitrogens with zero attached hydrogens (tertiary/aromatic N) is 1. The number of aryl methyl sites for hydroxylation is 1. The average Bonchev–Trinajstić information content (AvgIpc) is 2.59. The van der Waals surface area contributed by atoms with E-state index in [1.165, 1.54) is 6.92 Å². The Bertz CT molecular complexity index is 617. The molecule has 18 heavy (non-hydrogen) atoms. The molecule has 1 aliphatic carbocycles. The normalized spacial score (nSPS) is 15.1. The number of rotatable bonds is 2. The van der Waals surface area contributed by atoms with Crippen LogP contribution in [0.5, 0.6) is 0 Å². The van der Waals surface area contributed by atoms with Crippen LogP contribution in [0.4, 0.5) is 0 Å². The zero-order chi connectivity index (χ0) is 13.6. The summed E-state index contributed by atoms with van der Waals surface area (Å²) < 4.78 is 1.71. The lowest BCUT2D eigenvalue weighted by Crippen LogP contribution is -2.23. The summed E-state index contributed by atoms with van der Waals surface area (Å²) >= 11 is 0. The van der Waals surface area contributed by atoms with E-state index in [2.05, 4.69) is 0 Å². The molecule has 0 N–H and O–H groups in total. The molecule has 0 saturated heterocycles. The predicted octanol–water partition coefficient (Wildman–Crippen LogP) is 2.01. The number of fused-ring (bicyclic) bond motifs is 1. The maximum atomic E-state index is 12.4. The van der Waals surface area contributed by atoms with Crippen molar-refractivity contribution in [3.8, 4) is 0 Å². The Morgan fingerprint density at radius 3 is 2.39 bits per heavy atom. The molecule has 0 radical (unpaired) electrons. The summed E-state index contributed by atoms with van der Waals surface area (Å²) in [6.45, 7) is 4.88. The lowest BCUT2D eigenvalue weighted by molar-refractivity contribution is -0.116. The minimum atomic E-state index is -0.201. The molecule has 0 aliphatic heterocycles. The zero-order valence-corrected chi connectivity index (χ0v) is 11.0. The van der Waals surface area contributed by atoms with Gasteiger partial charge in [0.2, 0.25) is 5.78 Å². The van der Waals surface area contributed by atoms with Gasteiger partial charge in [0.05, 0.1) is 5.56 Å². The van der Waals surface area contributed by atoms with Crippen molar-refractivity contribution in [2.45, 2.75) is 27.2 Å². The number of allylic oxidation sites excluding steroid dienone is 2. The molecule has 1 aromatic heterocycles. The van der Waals surface area contributed by atoms with Crippen molar-refractivity contribution in [3.05, 3.63) is 34.2 Å². The van der Waals surface area contributed by atoms with Gasteiger partial charge in [-0.1, -0.05) is 0 Å². The number of aromatic nitrogens is 1. The number of carbonyl (C=O) groups excluding carboxylic acids is 3. The van der Waals surface area contributed by atoms with Gasteiger partial charge in [0.1, 0.15) is 11.5 Å². The predicted molar refractivity (Wildman–Crippen MR) is 66.8 cm³/mol. The Balaban J connectivity index is 2.64. The number of Topliss-reactive ketones (excluding diaryl/α,β-unsaturated/α-hetero) is 3. The zero-order valence-electron chi connectivity index (χ0n) is 11.0. The Morgan fingerprint density at radius 2 is 1.83 bits per heavy atom. The quantitative estimate of drug-likeness (QED) is 0.800. The van der Waals surface area contributed by atoms with Crippen molar-refractivity contribution in [1.29, 1.82) is 0 Å². The van der Waals surface area contributed by atoms with E-state index >= 15 is 0 Å². The fraction of sp³-hybridized carbons (Fsp3) is 0.357. The molecule has 0 bridgehead atoms. The van der Waals surface area contributed by atoms with Gasteiger partial charge >= 0.3 is 0 Å².